The highest BCUT2D eigenvalue weighted by Crippen LogP contribution is 2.38. The fraction of sp³-hybridized carbons (Fsp3) is 0.391. The minimum Gasteiger partial charge on any atom is -0.449 e. The van der Waals surface area contributed by atoms with Crippen LogP contribution in [0.15, 0.2) is 47.1 Å². The maximum atomic E-state index is 13.4. The summed E-state index contributed by atoms with van der Waals surface area (Å²) in [6.45, 7) is 0. The molecule has 29 heavy (non-hydrogen) atoms. The third kappa shape index (κ3) is 3.71. The molecule has 2 heterocycles. The van der Waals surface area contributed by atoms with Crippen molar-refractivity contribution in [1.82, 2.24) is 14.9 Å². The van der Waals surface area contributed by atoms with Crippen LogP contribution in [0.25, 0.3) is 22.7 Å². The fourth-order valence-corrected chi connectivity index (χ4v) is 4.13. The van der Waals surface area contributed by atoms with Gasteiger partial charge in [-0.25, -0.2) is 9.37 Å². The normalized spacial score (nSPS) is 17.4. The summed E-state index contributed by atoms with van der Waals surface area (Å²) in [4.78, 5) is 17.0. The van der Waals surface area contributed by atoms with Gasteiger partial charge in [0.1, 0.15) is 11.5 Å². The molecule has 2 aliphatic rings. The maximum Gasteiger partial charge on any atom is 0.287 e. The molecule has 0 spiro atoms. The SMILES string of the molecule is O=C(NC1CC1)c1ccc(-c2c(-c3ccc(F)cc3)ncn2C2CCCCC2)o1. The number of hydrogen-bond acceptors (Lipinski definition) is 3. The smallest absolute Gasteiger partial charge is 0.287 e. The summed E-state index contributed by atoms with van der Waals surface area (Å²) in [5.41, 5.74) is 2.43. The van der Waals surface area contributed by atoms with E-state index in [4.69, 9.17) is 4.42 Å². The van der Waals surface area contributed by atoms with Crippen molar-refractivity contribution in [2.75, 3.05) is 0 Å². The van der Waals surface area contributed by atoms with Crippen LogP contribution >= 0.6 is 0 Å². The number of furan rings is 1. The van der Waals surface area contributed by atoms with Crippen LogP contribution in [0.2, 0.25) is 0 Å². The van der Waals surface area contributed by atoms with Gasteiger partial charge in [0.05, 0.1) is 12.0 Å². The van der Waals surface area contributed by atoms with E-state index in [9.17, 15) is 9.18 Å². The van der Waals surface area contributed by atoms with E-state index in [2.05, 4.69) is 14.9 Å². The number of hydrogen-bond donors (Lipinski definition) is 1. The average molecular weight is 393 g/mol. The second kappa shape index (κ2) is 7.50. The number of halogens is 1. The Bertz CT molecular complexity index is 1010. The van der Waals surface area contributed by atoms with E-state index in [0.29, 0.717) is 17.6 Å². The van der Waals surface area contributed by atoms with E-state index >= 15 is 0 Å². The van der Waals surface area contributed by atoms with Gasteiger partial charge in [0, 0.05) is 17.6 Å². The Kier molecular flexibility index (Phi) is 4.70. The minimum absolute atomic E-state index is 0.175. The maximum absolute atomic E-state index is 13.4. The molecule has 5 nitrogen and oxygen atoms in total. The molecule has 0 bridgehead atoms. The van der Waals surface area contributed by atoms with Crippen molar-refractivity contribution in [3.8, 4) is 22.7 Å². The van der Waals surface area contributed by atoms with Crippen molar-refractivity contribution >= 4 is 5.91 Å². The van der Waals surface area contributed by atoms with E-state index in [0.717, 1.165) is 42.6 Å². The van der Waals surface area contributed by atoms with Crippen molar-refractivity contribution in [3.63, 3.8) is 0 Å². The number of rotatable bonds is 5. The van der Waals surface area contributed by atoms with E-state index in [1.54, 1.807) is 18.2 Å². The summed E-state index contributed by atoms with van der Waals surface area (Å²) in [5, 5.41) is 2.96. The monoisotopic (exact) mass is 393 g/mol. The lowest BCUT2D eigenvalue weighted by Gasteiger charge is -2.24. The second-order valence-corrected chi connectivity index (χ2v) is 8.06. The Balaban J connectivity index is 1.55. The zero-order valence-electron chi connectivity index (χ0n) is 16.2. The van der Waals surface area contributed by atoms with Crippen LogP contribution in [0.1, 0.15) is 61.5 Å². The third-order valence-corrected chi connectivity index (χ3v) is 5.86. The number of amides is 1. The second-order valence-electron chi connectivity index (χ2n) is 8.06. The van der Waals surface area contributed by atoms with Gasteiger partial charge in [0.15, 0.2) is 11.5 Å². The molecule has 2 aliphatic carbocycles. The summed E-state index contributed by atoms with van der Waals surface area (Å²) in [7, 11) is 0. The molecule has 6 heteroatoms. The molecule has 150 valence electrons. The molecule has 3 aromatic rings. The topological polar surface area (TPSA) is 60.1 Å². The molecule has 1 aromatic carbocycles. The fourth-order valence-electron chi connectivity index (χ4n) is 4.13. The largest absolute Gasteiger partial charge is 0.449 e. The molecule has 0 saturated heterocycles. The van der Waals surface area contributed by atoms with Gasteiger partial charge in [-0.3, -0.25) is 4.79 Å². The van der Waals surface area contributed by atoms with Crippen molar-refractivity contribution in [3.05, 3.63) is 54.3 Å². The van der Waals surface area contributed by atoms with E-state index in [-0.39, 0.29) is 17.8 Å². The van der Waals surface area contributed by atoms with E-state index < -0.39 is 0 Å². The Morgan fingerprint density at radius 2 is 1.79 bits per heavy atom. The molecular weight excluding hydrogens is 369 g/mol. The first-order valence-electron chi connectivity index (χ1n) is 10.4. The van der Waals surface area contributed by atoms with Gasteiger partial charge in [-0.2, -0.15) is 0 Å². The first-order chi connectivity index (χ1) is 14.2. The van der Waals surface area contributed by atoms with Gasteiger partial charge in [-0.15, -0.1) is 0 Å². The Morgan fingerprint density at radius 1 is 1.03 bits per heavy atom. The average Bonchev–Trinajstić information content (AvgIpc) is 3.25. The number of carbonyl (C=O) groups is 1. The lowest BCUT2D eigenvalue weighted by atomic mass is 9.95. The van der Waals surface area contributed by atoms with E-state index in [1.807, 2.05) is 12.4 Å². The van der Waals surface area contributed by atoms with Crippen LogP contribution in [0.3, 0.4) is 0 Å². The molecular formula is C23H24FN3O2. The Morgan fingerprint density at radius 3 is 2.52 bits per heavy atom. The predicted molar refractivity (Wildman–Crippen MR) is 108 cm³/mol. The molecule has 0 radical (unpaired) electrons. The Hall–Kier alpha value is -2.89. The zero-order valence-corrected chi connectivity index (χ0v) is 16.2. The standard InChI is InChI=1S/C23H24FN3O2/c24-16-8-6-15(7-9-16)21-22(27(14-25-21)18-4-2-1-3-5-18)19-12-13-20(29-19)23(28)26-17-10-11-17/h6-9,12-14,17-18H,1-5,10-11H2,(H,26,28). The third-order valence-electron chi connectivity index (χ3n) is 5.86. The number of carbonyl (C=O) groups excluding carboxylic acids is 1. The van der Waals surface area contributed by atoms with Gasteiger partial charge >= 0.3 is 0 Å². The number of nitrogens with one attached hydrogen (secondary N) is 1. The van der Waals surface area contributed by atoms with Crippen molar-refractivity contribution < 1.29 is 13.6 Å². The summed E-state index contributed by atoms with van der Waals surface area (Å²) >= 11 is 0. The van der Waals surface area contributed by atoms with Gasteiger partial charge in [0.2, 0.25) is 0 Å². The molecule has 1 N–H and O–H groups in total. The van der Waals surface area contributed by atoms with Crippen LogP contribution in [0.4, 0.5) is 4.39 Å². The van der Waals surface area contributed by atoms with Gasteiger partial charge in [0.25, 0.3) is 5.91 Å². The van der Waals surface area contributed by atoms with Crippen LogP contribution in [-0.2, 0) is 0 Å². The van der Waals surface area contributed by atoms with Gasteiger partial charge in [-0.1, -0.05) is 19.3 Å². The lowest BCUT2D eigenvalue weighted by molar-refractivity contribution is 0.0924. The molecule has 0 aliphatic heterocycles. The van der Waals surface area contributed by atoms with Crippen molar-refractivity contribution in [1.29, 1.82) is 0 Å². The first-order valence-corrected chi connectivity index (χ1v) is 10.4. The van der Waals surface area contributed by atoms with Gasteiger partial charge in [-0.05, 0) is 62.1 Å². The number of aromatic nitrogens is 2. The lowest BCUT2D eigenvalue weighted by Crippen LogP contribution is -2.24. The number of benzene rings is 1. The molecule has 0 atom stereocenters. The van der Waals surface area contributed by atoms with Crippen LogP contribution in [0.5, 0.6) is 0 Å². The van der Waals surface area contributed by atoms with Crippen molar-refractivity contribution in [2.45, 2.75) is 57.0 Å². The predicted octanol–water partition coefficient (Wildman–Crippen LogP) is 5.35. The molecule has 0 unspecified atom stereocenters. The first kappa shape index (κ1) is 18.2. The highest BCUT2D eigenvalue weighted by atomic mass is 19.1. The Labute approximate surface area is 168 Å². The van der Waals surface area contributed by atoms with Crippen LogP contribution < -0.4 is 5.32 Å². The summed E-state index contributed by atoms with van der Waals surface area (Å²) in [6.07, 6.45) is 9.77. The molecule has 1 amide bonds. The molecule has 2 fully saturated rings. The van der Waals surface area contributed by atoms with E-state index in [1.165, 1.54) is 31.4 Å². The molecule has 5 rings (SSSR count). The summed E-state index contributed by atoms with van der Waals surface area (Å²) in [6, 6.07) is 10.5. The highest BCUT2D eigenvalue weighted by molar-refractivity contribution is 5.92. The summed E-state index contributed by atoms with van der Waals surface area (Å²) < 4.78 is 21.6. The van der Waals surface area contributed by atoms with Crippen LogP contribution in [0, 0.1) is 5.82 Å². The summed E-state index contributed by atoms with van der Waals surface area (Å²) in [5.74, 6) is 0.478. The molecule has 2 aromatic heterocycles. The minimum atomic E-state index is -0.279. The highest BCUT2D eigenvalue weighted by Gasteiger charge is 2.27. The quantitative estimate of drug-likeness (QED) is 0.636. The zero-order chi connectivity index (χ0) is 19.8. The van der Waals surface area contributed by atoms with Gasteiger partial charge < -0.3 is 14.3 Å². The van der Waals surface area contributed by atoms with Crippen molar-refractivity contribution in [2.24, 2.45) is 0 Å². The van der Waals surface area contributed by atoms with Crippen LogP contribution in [-0.4, -0.2) is 21.5 Å². The number of nitrogens with zero attached hydrogens (tertiary/aromatic N) is 2. The number of imidazole rings is 1. The molecule has 2 saturated carbocycles.